The highest BCUT2D eigenvalue weighted by atomic mass is 35.5. The van der Waals surface area contributed by atoms with Crippen LogP contribution in [0.25, 0.3) is 0 Å². The summed E-state index contributed by atoms with van der Waals surface area (Å²) in [7, 11) is 1.59. The number of anilines is 1. The van der Waals surface area contributed by atoms with Gasteiger partial charge in [0.1, 0.15) is 5.75 Å². The molecule has 0 spiro atoms. The fraction of sp³-hybridized carbons (Fsp3) is 0.300. The van der Waals surface area contributed by atoms with Crippen LogP contribution in [-0.4, -0.2) is 30.4 Å². The smallest absolute Gasteiger partial charge is 0.226 e. The number of rotatable bonds is 7. The van der Waals surface area contributed by atoms with E-state index in [9.17, 15) is 9.59 Å². The molecule has 5 nitrogen and oxygen atoms in total. The zero-order valence-electron chi connectivity index (χ0n) is 15.2. The van der Waals surface area contributed by atoms with Gasteiger partial charge < -0.3 is 15.0 Å². The van der Waals surface area contributed by atoms with Gasteiger partial charge in [-0.25, -0.2) is 0 Å². The number of methoxy groups -OCH3 is 1. The van der Waals surface area contributed by atoms with Crippen molar-refractivity contribution in [2.24, 2.45) is 0 Å². The monoisotopic (exact) mass is 374 g/mol. The summed E-state index contributed by atoms with van der Waals surface area (Å²) in [5, 5.41) is 3.45. The second-order valence-electron chi connectivity index (χ2n) is 5.96. The Morgan fingerprint density at radius 1 is 1.15 bits per heavy atom. The van der Waals surface area contributed by atoms with Crippen molar-refractivity contribution < 1.29 is 14.3 Å². The minimum atomic E-state index is -0.165. The second-order valence-corrected chi connectivity index (χ2v) is 6.37. The number of amides is 2. The van der Waals surface area contributed by atoms with Crippen molar-refractivity contribution in [1.82, 2.24) is 4.90 Å². The van der Waals surface area contributed by atoms with Gasteiger partial charge in [0.25, 0.3) is 0 Å². The maximum Gasteiger partial charge on any atom is 0.226 e. The third-order valence-corrected chi connectivity index (χ3v) is 4.56. The van der Waals surface area contributed by atoms with E-state index in [4.69, 9.17) is 16.3 Å². The summed E-state index contributed by atoms with van der Waals surface area (Å²) in [4.78, 5) is 25.8. The topological polar surface area (TPSA) is 58.6 Å². The number of benzene rings is 2. The van der Waals surface area contributed by atoms with Crippen LogP contribution in [-0.2, 0) is 16.1 Å². The molecule has 138 valence electrons. The molecule has 2 rings (SSSR count). The summed E-state index contributed by atoms with van der Waals surface area (Å²) >= 11 is 6.07. The van der Waals surface area contributed by atoms with Gasteiger partial charge in [-0.3, -0.25) is 9.59 Å². The van der Waals surface area contributed by atoms with Crippen molar-refractivity contribution in [3.63, 3.8) is 0 Å². The van der Waals surface area contributed by atoms with Crippen molar-refractivity contribution in [3.8, 4) is 5.75 Å². The molecule has 0 saturated heterocycles. The highest BCUT2D eigenvalue weighted by Gasteiger charge is 2.15. The lowest BCUT2D eigenvalue weighted by Crippen LogP contribution is -2.31. The van der Waals surface area contributed by atoms with Gasteiger partial charge in [0, 0.05) is 42.7 Å². The molecule has 2 aromatic carbocycles. The molecular weight excluding hydrogens is 352 g/mol. The highest BCUT2D eigenvalue weighted by molar-refractivity contribution is 6.31. The summed E-state index contributed by atoms with van der Waals surface area (Å²) in [6, 6.07) is 12.9. The summed E-state index contributed by atoms with van der Waals surface area (Å²) < 4.78 is 5.33. The summed E-state index contributed by atoms with van der Waals surface area (Å²) in [5.74, 6) is 0.460. The Kier molecular flexibility index (Phi) is 7.04. The van der Waals surface area contributed by atoms with E-state index in [1.807, 2.05) is 31.2 Å². The van der Waals surface area contributed by atoms with Crippen LogP contribution in [0.4, 0.5) is 5.69 Å². The van der Waals surface area contributed by atoms with Crippen LogP contribution in [0.2, 0.25) is 5.02 Å². The summed E-state index contributed by atoms with van der Waals surface area (Å²) in [6.07, 6.45) is 0.195. The molecule has 0 saturated carbocycles. The van der Waals surface area contributed by atoms with Crippen molar-refractivity contribution in [3.05, 3.63) is 58.6 Å². The first-order chi connectivity index (χ1) is 12.4. The normalized spacial score (nSPS) is 10.3. The fourth-order valence-corrected chi connectivity index (χ4v) is 2.75. The number of nitrogens with zero attached hydrogens (tertiary/aromatic N) is 1. The molecule has 0 fully saturated rings. The van der Waals surface area contributed by atoms with Crippen molar-refractivity contribution in [2.45, 2.75) is 26.8 Å². The van der Waals surface area contributed by atoms with Gasteiger partial charge in [-0.15, -0.1) is 0 Å². The predicted octanol–water partition coefficient (Wildman–Crippen LogP) is 4.03. The molecule has 0 aromatic heterocycles. The largest absolute Gasteiger partial charge is 0.496 e. The number of nitrogens with one attached hydrogen (secondary N) is 1. The number of hydrogen-bond donors (Lipinski definition) is 1. The van der Waals surface area contributed by atoms with E-state index >= 15 is 0 Å². The first-order valence-electron chi connectivity index (χ1n) is 8.34. The average Bonchev–Trinajstić information content (AvgIpc) is 2.62. The molecule has 0 atom stereocenters. The van der Waals surface area contributed by atoms with Crippen LogP contribution in [0, 0.1) is 6.92 Å². The lowest BCUT2D eigenvalue weighted by Gasteiger charge is -2.22. The SMILES string of the molecule is COc1ccccc1CN(CCC(=O)Nc1cccc(Cl)c1C)C(C)=O. The third kappa shape index (κ3) is 5.23. The summed E-state index contributed by atoms with van der Waals surface area (Å²) in [5.41, 5.74) is 2.40. The second kappa shape index (κ2) is 9.25. The van der Waals surface area contributed by atoms with E-state index in [1.54, 1.807) is 30.2 Å². The molecule has 26 heavy (non-hydrogen) atoms. The Morgan fingerprint density at radius 2 is 1.88 bits per heavy atom. The molecule has 1 N–H and O–H groups in total. The maximum atomic E-state index is 12.3. The standard InChI is InChI=1S/C20H23ClN2O3/c1-14-17(21)8-6-9-18(14)22-20(25)11-12-23(15(2)24)13-16-7-4-5-10-19(16)26-3/h4-10H,11-13H2,1-3H3,(H,22,25). The van der Waals surface area contributed by atoms with E-state index in [-0.39, 0.29) is 18.2 Å². The molecule has 0 bridgehead atoms. The molecule has 0 unspecified atom stereocenters. The van der Waals surface area contributed by atoms with Crippen LogP contribution in [0.5, 0.6) is 5.75 Å². The molecule has 0 heterocycles. The van der Waals surface area contributed by atoms with Gasteiger partial charge in [-0.05, 0) is 30.7 Å². The van der Waals surface area contributed by atoms with E-state index in [0.29, 0.717) is 23.8 Å². The predicted molar refractivity (Wildman–Crippen MR) is 104 cm³/mol. The first-order valence-corrected chi connectivity index (χ1v) is 8.72. The van der Waals surface area contributed by atoms with Gasteiger partial charge in [0.05, 0.1) is 7.11 Å². The van der Waals surface area contributed by atoms with Crippen molar-refractivity contribution in [1.29, 1.82) is 0 Å². The number of carbonyl (C=O) groups excluding carboxylic acids is 2. The molecule has 0 aliphatic rings. The lowest BCUT2D eigenvalue weighted by molar-refractivity contribution is -0.129. The van der Waals surface area contributed by atoms with E-state index in [1.165, 1.54) is 6.92 Å². The van der Waals surface area contributed by atoms with Crippen LogP contribution >= 0.6 is 11.6 Å². The number of hydrogen-bond acceptors (Lipinski definition) is 3. The number of carbonyl (C=O) groups is 2. The molecule has 0 radical (unpaired) electrons. The van der Waals surface area contributed by atoms with Gasteiger partial charge in [0.15, 0.2) is 0 Å². The number of halogens is 1. The van der Waals surface area contributed by atoms with Gasteiger partial charge in [-0.1, -0.05) is 35.9 Å². The molecule has 0 aliphatic carbocycles. The van der Waals surface area contributed by atoms with Crippen molar-refractivity contribution in [2.75, 3.05) is 19.0 Å². The fourth-order valence-electron chi connectivity index (χ4n) is 2.58. The molecule has 2 aromatic rings. The average molecular weight is 375 g/mol. The van der Waals surface area contributed by atoms with Crippen LogP contribution < -0.4 is 10.1 Å². The minimum absolute atomic E-state index is 0.0948. The molecule has 6 heteroatoms. The van der Waals surface area contributed by atoms with E-state index < -0.39 is 0 Å². The lowest BCUT2D eigenvalue weighted by atomic mass is 10.1. The third-order valence-electron chi connectivity index (χ3n) is 4.15. The quantitative estimate of drug-likeness (QED) is 0.795. The Balaban J connectivity index is 1.99. The van der Waals surface area contributed by atoms with Crippen molar-refractivity contribution >= 4 is 29.1 Å². The Labute approximate surface area is 158 Å². The first kappa shape index (κ1) is 19.8. The van der Waals surface area contributed by atoms with E-state index in [0.717, 1.165) is 16.9 Å². The molecule has 2 amide bonds. The summed E-state index contributed by atoms with van der Waals surface area (Å²) in [6.45, 7) is 4.05. The van der Waals surface area contributed by atoms with Crippen LogP contribution in [0.15, 0.2) is 42.5 Å². The Bertz CT molecular complexity index is 792. The molecule has 0 aliphatic heterocycles. The Morgan fingerprint density at radius 3 is 2.58 bits per heavy atom. The number of ether oxygens (including phenoxy) is 1. The minimum Gasteiger partial charge on any atom is -0.496 e. The maximum absolute atomic E-state index is 12.3. The van der Waals surface area contributed by atoms with Crippen LogP contribution in [0.3, 0.4) is 0 Å². The van der Waals surface area contributed by atoms with Gasteiger partial charge in [-0.2, -0.15) is 0 Å². The van der Waals surface area contributed by atoms with Crippen LogP contribution in [0.1, 0.15) is 24.5 Å². The Hall–Kier alpha value is -2.53. The highest BCUT2D eigenvalue weighted by Crippen LogP contribution is 2.23. The zero-order valence-corrected chi connectivity index (χ0v) is 16.0. The van der Waals surface area contributed by atoms with E-state index in [2.05, 4.69) is 5.32 Å². The molecular formula is C20H23ClN2O3. The van der Waals surface area contributed by atoms with Gasteiger partial charge in [0.2, 0.25) is 11.8 Å². The number of para-hydroxylation sites is 1. The van der Waals surface area contributed by atoms with Gasteiger partial charge >= 0.3 is 0 Å². The zero-order chi connectivity index (χ0) is 19.1.